The van der Waals surface area contributed by atoms with E-state index in [0.29, 0.717) is 5.92 Å². The van der Waals surface area contributed by atoms with E-state index in [4.69, 9.17) is 4.74 Å². The van der Waals surface area contributed by atoms with Gasteiger partial charge in [0.05, 0.1) is 0 Å². The second-order valence-corrected chi connectivity index (χ2v) is 7.53. The van der Waals surface area contributed by atoms with E-state index in [2.05, 4.69) is 32.6 Å². The predicted molar refractivity (Wildman–Crippen MR) is 87.0 cm³/mol. The number of hydrogen-bond acceptors (Lipinski definition) is 2. The zero-order valence-corrected chi connectivity index (χ0v) is 13.9. The van der Waals surface area contributed by atoms with E-state index in [0.717, 1.165) is 18.4 Å². The average Bonchev–Trinajstić information content (AvgIpc) is 2.78. The molecule has 0 aromatic heterocycles. The van der Waals surface area contributed by atoms with Gasteiger partial charge in [-0.25, -0.2) is 0 Å². The first-order valence-corrected chi connectivity index (χ1v) is 8.09. The normalized spacial score (nSPS) is 34.8. The Bertz CT molecular complexity index is 649. The molecule has 22 heavy (non-hydrogen) atoms. The van der Waals surface area contributed by atoms with Crippen LogP contribution in [0.15, 0.2) is 30.3 Å². The third-order valence-corrected chi connectivity index (χ3v) is 6.36. The van der Waals surface area contributed by atoms with Gasteiger partial charge in [0.1, 0.15) is 0 Å². The summed E-state index contributed by atoms with van der Waals surface area (Å²) >= 11 is 0. The molecule has 116 valence electrons. The Balaban J connectivity index is 2.05. The van der Waals surface area contributed by atoms with Gasteiger partial charge in [0, 0.05) is 24.3 Å². The van der Waals surface area contributed by atoms with Crippen LogP contribution in [0.3, 0.4) is 0 Å². The van der Waals surface area contributed by atoms with E-state index in [1.165, 1.54) is 13.3 Å². The Labute approximate surface area is 133 Å². The highest BCUT2D eigenvalue weighted by atomic mass is 16.6. The van der Waals surface area contributed by atoms with Gasteiger partial charge in [-0.15, -0.1) is 0 Å². The summed E-state index contributed by atoms with van der Waals surface area (Å²) in [6.07, 6.45) is 3.14. The molecule has 3 rings (SSSR count). The van der Waals surface area contributed by atoms with Gasteiger partial charge in [-0.05, 0) is 42.2 Å². The molecule has 2 saturated carbocycles. The largest absolute Gasteiger partial charge is 0.445 e. The van der Waals surface area contributed by atoms with Crippen molar-refractivity contribution in [2.75, 3.05) is 0 Å². The molecule has 0 radical (unpaired) electrons. The molecule has 2 heteroatoms. The summed E-state index contributed by atoms with van der Waals surface area (Å²) in [4.78, 5) is 11.8. The summed E-state index contributed by atoms with van der Waals surface area (Å²) in [5, 5.41) is 0. The Morgan fingerprint density at radius 2 is 1.91 bits per heavy atom. The highest BCUT2D eigenvalue weighted by Crippen LogP contribution is 2.70. The van der Waals surface area contributed by atoms with Crippen molar-refractivity contribution in [3.05, 3.63) is 35.9 Å². The predicted octanol–water partition coefficient (Wildman–Crippen LogP) is 4.19. The summed E-state index contributed by atoms with van der Waals surface area (Å²) in [5.74, 6) is 6.97. The third-order valence-electron chi connectivity index (χ3n) is 6.36. The lowest BCUT2D eigenvalue weighted by molar-refractivity contribution is -0.164. The van der Waals surface area contributed by atoms with Gasteiger partial charge in [-0.2, -0.15) is 0 Å². The van der Waals surface area contributed by atoms with Gasteiger partial charge in [-0.3, -0.25) is 4.79 Å². The van der Waals surface area contributed by atoms with E-state index in [-0.39, 0.29) is 16.8 Å². The van der Waals surface area contributed by atoms with E-state index in [9.17, 15) is 4.79 Å². The van der Waals surface area contributed by atoms with E-state index in [1.807, 2.05) is 30.3 Å². The SMILES string of the molecule is CC(=O)OC1(C#Cc2ccccc2)CC2CCC1(C)C2(C)C. The number of carbonyl (C=O) groups excluding carboxylic acids is 1. The standard InChI is InChI=1S/C20H24O2/c1-15(21)22-20(13-10-16-8-6-5-7-9-16)14-17-11-12-19(20,4)18(17,2)3/h5-9,17H,11-12,14H2,1-4H3. The lowest BCUT2D eigenvalue weighted by atomic mass is 9.64. The Hall–Kier alpha value is -1.75. The van der Waals surface area contributed by atoms with Crippen LogP contribution in [0.4, 0.5) is 0 Å². The molecule has 0 N–H and O–H groups in total. The van der Waals surface area contributed by atoms with Crippen molar-refractivity contribution in [2.45, 2.75) is 52.6 Å². The lowest BCUT2D eigenvalue weighted by Crippen LogP contribution is -2.49. The minimum absolute atomic E-state index is 0.0852. The van der Waals surface area contributed by atoms with Crippen LogP contribution >= 0.6 is 0 Å². The third kappa shape index (κ3) is 1.99. The molecule has 2 nitrogen and oxygen atoms in total. The van der Waals surface area contributed by atoms with Crippen LogP contribution in [0.25, 0.3) is 0 Å². The molecule has 0 amide bonds. The minimum atomic E-state index is -0.652. The molecule has 2 fully saturated rings. The first-order valence-electron chi connectivity index (χ1n) is 8.09. The molecule has 2 aliphatic rings. The minimum Gasteiger partial charge on any atom is -0.445 e. The first kappa shape index (κ1) is 15.2. The molecule has 2 aliphatic carbocycles. The Kier molecular flexibility index (Phi) is 3.36. The summed E-state index contributed by atoms with van der Waals surface area (Å²) in [5.41, 5.74) is 0.380. The topological polar surface area (TPSA) is 26.3 Å². The monoisotopic (exact) mass is 296 g/mol. The fraction of sp³-hybridized carbons (Fsp3) is 0.550. The molecular formula is C20H24O2. The number of hydrogen-bond donors (Lipinski definition) is 0. The van der Waals surface area contributed by atoms with Gasteiger partial charge in [0.2, 0.25) is 0 Å². The maximum absolute atomic E-state index is 11.8. The van der Waals surface area contributed by atoms with Crippen LogP contribution in [0.2, 0.25) is 0 Å². The van der Waals surface area contributed by atoms with Crippen molar-refractivity contribution < 1.29 is 9.53 Å². The fourth-order valence-corrected chi connectivity index (χ4v) is 4.56. The van der Waals surface area contributed by atoms with Gasteiger partial charge in [-0.1, -0.05) is 44.9 Å². The van der Waals surface area contributed by atoms with Crippen molar-refractivity contribution in [1.82, 2.24) is 0 Å². The van der Waals surface area contributed by atoms with Gasteiger partial charge in [0.15, 0.2) is 5.60 Å². The molecule has 0 heterocycles. The molecule has 0 spiro atoms. The van der Waals surface area contributed by atoms with Crippen LogP contribution in [-0.4, -0.2) is 11.6 Å². The quantitative estimate of drug-likeness (QED) is 0.574. The van der Waals surface area contributed by atoms with E-state index in [1.54, 1.807) is 0 Å². The molecular weight excluding hydrogens is 272 g/mol. The smallest absolute Gasteiger partial charge is 0.304 e. The maximum atomic E-state index is 11.8. The maximum Gasteiger partial charge on any atom is 0.304 e. The van der Waals surface area contributed by atoms with Crippen molar-refractivity contribution >= 4 is 5.97 Å². The van der Waals surface area contributed by atoms with Gasteiger partial charge >= 0.3 is 5.97 Å². The molecule has 1 aromatic carbocycles. The molecule has 1 aromatic rings. The van der Waals surface area contributed by atoms with Gasteiger partial charge < -0.3 is 4.74 Å². The lowest BCUT2D eigenvalue weighted by Gasteiger charge is -2.44. The number of benzene rings is 1. The van der Waals surface area contributed by atoms with Gasteiger partial charge in [0.25, 0.3) is 0 Å². The fourth-order valence-electron chi connectivity index (χ4n) is 4.56. The second kappa shape index (κ2) is 4.88. The van der Waals surface area contributed by atoms with E-state index >= 15 is 0 Å². The van der Waals surface area contributed by atoms with Crippen molar-refractivity contribution in [2.24, 2.45) is 16.7 Å². The summed E-state index contributed by atoms with van der Waals surface area (Å²) in [7, 11) is 0. The molecule has 3 atom stereocenters. The van der Waals surface area contributed by atoms with Crippen molar-refractivity contribution in [1.29, 1.82) is 0 Å². The Morgan fingerprint density at radius 3 is 2.41 bits per heavy atom. The zero-order valence-electron chi connectivity index (χ0n) is 13.9. The molecule has 0 aliphatic heterocycles. The van der Waals surface area contributed by atoms with Crippen molar-refractivity contribution in [3.63, 3.8) is 0 Å². The molecule has 3 unspecified atom stereocenters. The summed E-state index contributed by atoms with van der Waals surface area (Å²) in [6.45, 7) is 8.36. The number of rotatable bonds is 1. The zero-order chi connectivity index (χ0) is 16.0. The highest BCUT2D eigenvalue weighted by Gasteiger charge is 2.70. The molecule has 2 bridgehead atoms. The number of esters is 1. The van der Waals surface area contributed by atoms with Crippen LogP contribution in [0, 0.1) is 28.6 Å². The average molecular weight is 296 g/mol. The number of carbonyl (C=O) groups is 1. The van der Waals surface area contributed by atoms with Crippen LogP contribution in [0.1, 0.15) is 52.5 Å². The van der Waals surface area contributed by atoms with Crippen LogP contribution < -0.4 is 0 Å². The first-order chi connectivity index (χ1) is 10.3. The highest BCUT2D eigenvalue weighted by molar-refractivity contribution is 5.67. The number of ether oxygens (including phenoxy) is 1. The Morgan fingerprint density at radius 1 is 1.23 bits per heavy atom. The number of fused-ring (bicyclic) bond motifs is 2. The van der Waals surface area contributed by atoms with Crippen LogP contribution in [-0.2, 0) is 9.53 Å². The summed E-state index contributed by atoms with van der Waals surface area (Å²) in [6, 6.07) is 9.93. The summed E-state index contributed by atoms with van der Waals surface area (Å²) < 4.78 is 5.88. The van der Waals surface area contributed by atoms with Crippen LogP contribution in [0.5, 0.6) is 0 Å². The molecule has 0 saturated heterocycles. The second-order valence-electron chi connectivity index (χ2n) is 7.53. The van der Waals surface area contributed by atoms with Crippen molar-refractivity contribution in [3.8, 4) is 11.8 Å². The van der Waals surface area contributed by atoms with E-state index < -0.39 is 5.60 Å².